The maximum absolute atomic E-state index is 6.13. The van der Waals surface area contributed by atoms with Gasteiger partial charge in [0.1, 0.15) is 11.6 Å². The van der Waals surface area contributed by atoms with Crippen LogP contribution in [-0.4, -0.2) is 9.55 Å². The Morgan fingerprint density at radius 2 is 1.71 bits per heavy atom. The Hall–Kier alpha value is -1.77. The van der Waals surface area contributed by atoms with Crippen LogP contribution in [0.5, 0.6) is 0 Å². The number of benzene rings is 1. The van der Waals surface area contributed by atoms with Crippen LogP contribution >= 0.6 is 0 Å². The van der Waals surface area contributed by atoms with Crippen molar-refractivity contribution in [1.29, 1.82) is 0 Å². The molecule has 3 nitrogen and oxygen atoms in total. The van der Waals surface area contributed by atoms with Gasteiger partial charge in [0, 0.05) is 11.1 Å². The Labute approximate surface area is 102 Å². The summed E-state index contributed by atoms with van der Waals surface area (Å²) < 4.78 is 2.09. The molecule has 0 aliphatic carbocycles. The van der Waals surface area contributed by atoms with Gasteiger partial charge < -0.3 is 10.3 Å². The van der Waals surface area contributed by atoms with E-state index in [-0.39, 0.29) is 5.54 Å². The maximum atomic E-state index is 6.13. The molecule has 0 amide bonds. The van der Waals surface area contributed by atoms with Gasteiger partial charge in [-0.25, -0.2) is 4.98 Å². The molecule has 0 bridgehead atoms. The molecule has 1 aromatic heterocycles. The molecule has 2 N–H and O–H groups in total. The SMILES string of the molecule is Cc1nc(-c2ccccc2)n(C(C)(C)C)c1N. The number of hydrogen-bond donors (Lipinski definition) is 1. The van der Waals surface area contributed by atoms with Crippen molar-refractivity contribution in [2.75, 3.05) is 5.73 Å². The maximum Gasteiger partial charge on any atom is 0.142 e. The van der Waals surface area contributed by atoms with Crippen LogP contribution in [0.2, 0.25) is 0 Å². The largest absolute Gasteiger partial charge is 0.384 e. The Balaban J connectivity index is 2.67. The summed E-state index contributed by atoms with van der Waals surface area (Å²) in [7, 11) is 0. The lowest BCUT2D eigenvalue weighted by molar-refractivity contribution is 0.406. The number of rotatable bonds is 1. The highest BCUT2D eigenvalue weighted by molar-refractivity contribution is 5.60. The minimum absolute atomic E-state index is 0.0729. The van der Waals surface area contributed by atoms with Gasteiger partial charge in [0.2, 0.25) is 0 Å². The van der Waals surface area contributed by atoms with Gasteiger partial charge in [-0.3, -0.25) is 0 Å². The molecule has 1 aromatic carbocycles. The molecule has 0 aliphatic heterocycles. The van der Waals surface area contributed by atoms with Gasteiger partial charge in [-0.1, -0.05) is 30.3 Å². The van der Waals surface area contributed by atoms with Gasteiger partial charge in [-0.05, 0) is 27.7 Å². The molecular formula is C14H19N3. The van der Waals surface area contributed by atoms with Crippen molar-refractivity contribution >= 4 is 5.82 Å². The van der Waals surface area contributed by atoms with Gasteiger partial charge >= 0.3 is 0 Å². The zero-order chi connectivity index (χ0) is 12.6. The lowest BCUT2D eigenvalue weighted by atomic mass is 10.1. The molecule has 0 aliphatic rings. The molecule has 0 radical (unpaired) electrons. The predicted octanol–water partition coefficient (Wildman–Crippen LogP) is 3.20. The number of imidazole rings is 1. The fraction of sp³-hybridized carbons (Fsp3) is 0.357. The quantitative estimate of drug-likeness (QED) is 0.816. The summed E-state index contributed by atoms with van der Waals surface area (Å²) in [4.78, 5) is 4.58. The van der Waals surface area contributed by atoms with Crippen molar-refractivity contribution in [2.45, 2.75) is 33.2 Å². The van der Waals surface area contributed by atoms with E-state index in [9.17, 15) is 0 Å². The second kappa shape index (κ2) is 3.91. The second-order valence-corrected chi connectivity index (χ2v) is 5.28. The third kappa shape index (κ3) is 2.05. The van der Waals surface area contributed by atoms with Crippen LogP contribution in [0.4, 0.5) is 5.82 Å². The van der Waals surface area contributed by atoms with Crippen LogP contribution in [0.1, 0.15) is 26.5 Å². The molecule has 0 fully saturated rings. The molecule has 2 rings (SSSR count). The summed E-state index contributed by atoms with van der Waals surface area (Å²) in [5.41, 5.74) is 8.04. The lowest BCUT2D eigenvalue weighted by Gasteiger charge is -2.25. The summed E-state index contributed by atoms with van der Waals surface area (Å²) in [5.74, 6) is 1.68. The summed E-state index contributed by atoms with van der Waals surface area (Å²) >= 11 is 0. The predicted molar refractivity (Wildman–Crippen MR) is 71.8 cm³/mol. The number of hydrogen-bond acceptors (Lipinski definition) is 2. The van der Waals surface area contributed by atoms with Gasteiger partial charge in [0.05, 0.1) is 5.69 Å². The van der Waals surface area contributed by atoms with E-state index in [0.29, 0.717) is 0 Å². The monoisotopic (exact) mass is 229 g/mol. The second-order valence-electron chi connectivity index (χ2n) is 5.28. The van der Waals surface area contributed by atoms with E-state index in [4.69, 9.17) is 5.73 Å². The van der Waals surface area contributed by atoms with Crippen LogP contribution in [-0.2, 0) is 5.54 Å². The van der Waals surface area contributed by atoms with E-state index in [1.165, 1.54) is 0 Å². The summed E-state index contributed by atoms with van der Waals surface area (Å²) in [6, 6.07) is 10.2. The first kappa shape index (κ1) is 11.7. The highest BCUT2D eigenvalue weighted by Gasteiger charge is 2.22. The van der Waals surface area contributed by atoms with Gasteiger partial charge in [0.25, 0.3) is 0 Å². The topological polar surface area (TPSA) is 43.8 Å². The normalized spacial score (nSPS) is 11.8. The van der Waals surface area contributed by atoms with Crippen LogP contribution in [0.15, 0.2) is 30.3 Å². The third-order valence-corrected chi connectivity index (χ3v) is 2.80. The fourth-order valence-corrected chi connectivity index (χ4v) is 2.00. The molecule has 90 valence electrons. The molecule has 2 aromatic rings. The Kier molecular flexibility index (Phi) is 2.69. The molecule has 0 saturated heterocycles. The smallest absolute Gasteiger partial charge is 0.142 e. The minimum atomic E-state index is -0.0729. The van der Waals surface area contributed by atoms with E-state index in [2.05, 4.69) is 42.5 Å². The summed E-state index contributed by atoms with van der Waals surface area (Å²) in [6.45, 7) is 8.36. The molecule has 0 atom stereocenters. The highest BCUT2D eigenvalue weighted by atomic mass is 15.2. The van der Waals surface area contributed by atoms with Crippen molar-refractivity contribution in [3.63, 3.8) is 0 Å². The molecule has 1 heterocycles. The van der Waals surface area contributed by atoms with Crippen LogP contribution in [0, 0.1) is 6.92 Å². The summed E-state index contributed by atoms with van der Waals surface area (Å²) in [6.07, 6.45) is 0. The molecule has 3 heteroatoms. The highest BCUT2D eigenvalue weighted by Crippen LogP contribution is 2.30. The number of anilines is 1. The van der Waals surface area contributed by atoms with Crippen LogP contribution in [0.25, 0.3) is 11.4 Å². The van der Waals surface area contributed by atoms with Gasteiger partial charge in [0.15, 0.2) is 0 Å². The molecule has 17 heavy (non-hydrogen) atoms. The van der Waals surface area contributed by atoms with E-state index in [1.807, 2.05) is 25.1 Å². The first-order valence-electron chi connectivity index (χ1n) is 5.82. The lowest BCUT2D eigenvalue weighted by Crippen LogP contribution is -2.24. The zero-order valence-electron chi connectivity index (χ0n) is 10.9. The van der Waals surface area contributed by atoms with E-state index < -0.39 is 0 Å². The Morgan fingerprint density at radius 3 is 2.24 bits per heavy atom. The van der Waals surface area contributed by atoms with E-state index >= 15 is 0 Å². The average Bonchev–Trinajstić information content (AvgIpc) is 2.56. The molecular weight excluding hydrogens is 210 g/mol. The Morgan fingerprint density at radius 1 is 1.12 bits per heavy atom. The van der Waals surface area contributed by atoms with E-state index in [1.54, 1.807) is 0 Å². The number of nitrogen functional groups attached to an aromatic ring is 1. The third-order valence-electron chi connectivity index (χ3n) is 2.80. The first-order valence-corrected chi connectivity index (χ1v) is 5.82. The molecule has 0 saturated carbocycles. The van der Waals surface area contributed by atoms with Gasteiger partial charge in [-0.15, -0.1) is 0 Å². The number of aryl methyl sites for hydroxylation is 1. The minimum Gasteiger partial charge on any atom is -0.384 e. The molecule has 0 unspecified atom stereocenters. The average molecular weight is 229 g/mol. The first-order chi connectivity index (χ1) is 7.91. The molecule has 0 spiro atoms. The van der Waals surface area contributed by atoms with Crippen molar-refractivity contribution < 1.29 is 0 Å². The summed E-state index contributed by atoms with van der Waals surface area (Å²) in [5, 5.41) is 0. The van der Waals surface area contributed by atoms with Crippen molar-refractivity contribution in [1.82, 2.24) is 9.55 Å². The van der Waals surface area contributed by atoms with Crippen molar-refractivity contribution in [2.24, 2.45) is 0 Å². The van der Waals surface area contributed by atoms with Crippen molar-refractivity contribution in [3.8, 4) is 11.4 Å². The van der Waals surface area contributed by atoms with Gasteiger partial charge in [-0.2, -0.15) is 0 Å². The fourth-order valence-electron chi connectivity index (χ4n) is 2.00. The van der Waals surface area contributed by atoms with Crippen LogP contribution < -0.4 is 5.73 Å². The Bertz CT molecular complexity index is 518. The number of nitrogens with zero attached hydrogens (tertiary/aromatic N) is 2. The number of aromatic nitrogens is 2. The van der Waals surface area contributed by atoms with E-state index in [0.717, 1.165) is 22.9 Å². The standard InChI is InChI=1S/C14H19N3/c1-10-12(15)17(14(2,3)4)13(16-10)11-8-6-5-7-9-11/h5-9H,15H2,1-4H3. The van der Waals surface area contributed by atoms with Crippen molar-refractivity contribution in [3.05, 3.63) is 36.0 Å². The van der Waals surface area contributed by atoms with Crippen LogP contribution in [0.3, 0.4) is 0 Å². The number of nitrogens with two attached hydrogens (primary N) is 1. The zero-order valence-corrected chi connectivity index (χ0v) is 10.9.